The number of amides is 2. The number of allylic oxidation sites excluding steroid dienone is 2. The number of hydrogen-bond acceptors (Lipinski definition) is 5. The number of hydrogen-bond donors (Lipinski definition) is 2. The van der Waals surface area contributed by atoms with Crippen molar-refractivity contribution in [2.45, 2.75) is 0 Å². The second kappa shape index (κ2) is 12.3. The van der Waals surface area contributed by atoms with Crippen molar-refractivity contribution >= 4 is 35.2 Å². The summed E-state index contributed by atoms with van der Waals surface area (Å²) >= 11 is 6.36. The molecular formula is C29H24ClN5O3. The van der Waals surface area contributed by atoms with E-state index in [1.807, 2.05) is 36.4 Å². The molecule has 2 N–H and O–H groups in total. The van der Waals surface area contributed by atoms with E-state index in [4.69, 9.17) is 11.6 Å². The number of rotatable bonds is 8. The summed E-state index contributed by atoms with van der Waals surface area (Å²) in [5.41, 5.74) is 4.13. The molecule has 0 atom stereocenters. The van der Waals surface area contributed by atoms with Gasteiger partial charge >= 0.3 is 0 Å². The van der Waals surface area contributed by atoms with Crippen molar-refractivity contribution in [1.29, 1.82) is 0 Å². The normalized spacial score (nSPS) is 11.3. The van der Waals surface area contributed by atoms with Gasteiger partial charge < -0.3 is 5.32 Å². The Balaban J connectivity index is 1.57. The van der Waals surface area contributed by atoms with Crippen molar-refractivity contribution in [2.24, 2.45) is 0 Å². The summed E-state index contributed by atoms with van der Waals surface area (Å²) in [6.07, 6.45) is 6.32. The molecule has 0 fully saturated rings. The van der Waals surface area contributed by atoms with E-state index in [1.165, 1.54) is 29.0 Å². The summed E-state index contributed by atoms with van der Waals surface area (Å²) in [4.78, 5) is 38.8. The Kier molecular flexibility index (Phi) is 8.48. The summed E-state index contributed by atoms with van der Waals surface area (Å²) in [6.45, 7) is 0. The van der Waals surface area contributed by atoms with Crippen molar-refractivity contribution < 1.29 is 9.59 Å². The maximum absolute atomic E-state index is 13.2. The van der Waals surface area contributed by atoms with E-state index >= 15 is 0 Å². The minimum atomic E-state index is -0.627. The topological polar surface area (TPSA) is 96.3 Å². The molecule has 3 aromatic carbocycles. The van der Waals surface area contributed by atoms with Gasteiger partial charge in [-0.15, -0.1) is 0 Å². The second-order valence-corrected chi connectivity index (χ2v) is 8.44. The summed E-state index contributed by atoms with van der Waals surface area (Å²) in [7, 11) is 1.52. The fourth-order valence-electron chi connectivity index (χ4n) is 3.46. The predicted molar refractivity (Wildman–Crippen MR) is 149 cm³/mol. The van der Waals surface area contributed by atoms with Crippen LogP contribution in [0.3, 0.4) is 0 Å². The number of carbonyl (C=O) groups is 2. The number of carbonyl (C=O) groups excluding carboxylic acids is 2. The van der Waals surface area contributed by atoms with Crippen LogP contribution in [-0.4, -0.2) is 28.6 Å². The molecule has 0 aliphatic carbocycles. The van der Waals surface area contributed by atoms with E-state index in [1.54, 1.807) is 66.7 Å². The van der Waals surface area contributed by atoms with Crippen LogP contribution >= 0.6 is 11.6 Å². The molecule has 4 aromatic rings. The fraction of sp³-hybridized carbons (Fsp3) is 0.0345. The largest absolute Gasteiger partial charge is 0.317 e. The van der Waals surface area contributed by atoms with E-state index in [0.717, 1.165) is 5.56 Å². The molecule has 0 radical (unpaired) electrons. The molecule has 0 saturated heterocycles. The lowest BCUT2D eigenvalue weighted by Gasteiger charge is -2.22. The van der Waals surface area contributed by atoms with Gasteiger partial charge in [0.15, 0.2) is 0 Å². The standard InChI is InChI=1S/C29H24ClN5O3/c1-34(25-20-31-35(29(38)26(25)30)23-17-9-4-10-18-23)33-28(37)24(19-11-14-21-12-5-2-6-13-21)32-27(36)22-15-7-3-8-16-22/h2-20H,1H3,(H,32,36)(H,33,37)/b14-11+,24-19+. The van der Waals surface area contributed by atoms with Gasteiger partial charge in [0.1, 0.15) is 16.4 Å². The van der Waals surface area contributed by atoms with Crippen molar-refractivity contribution in [3.05, 3.63) is 142 Å². The van der Waals surface area contributed by atoms with Gasteiger partial charge in [-0.3, -0.25) is 24.8 Å². The number of nitrogens with zero attached hydrogens (tertiary/aromatic N) is 3. The predicted octanol–water partition coefficient (Wildman–Crippen LogP) is 4.38. The maximum Gasteiger partial charge on any atom is 0.292 e. The smallest absolute Gasteiger partial charge is 0.292 e. The highest BCUT2D eigenvalue weighted by Crippen LogP contribution is 2.19. The van der Waals surface area contributed by atoms with E-state index in [-0.39, 0.29) is 16.4 Å². The second-order valence-electron chi connectivity index (χ2n) is 8.07. The summed E-state index contributed by atoms with van der Waals surface area (Å²) in [6, 6.07) is 26.9. The number of nitrogens with one attached hydrogen (secondary N) is 2. The van der Waals surface area contributed by atoms with Crippen LogP contribution in [0.5, 0.6) is 0 Å². The van der Waals surface area contributed by atoms with E-state index in [9.17, 15) is 14.4 Å². The molecule has 4 rings (SSSR count). The monoisotopic (exact) mass is 525 g/mol. The Morgan fingerprint density at radius 3 is 2.18 bits per heavy atom. The van der Waals surface area contributed by atoms with Crippen LogP contribution in [0.15, 0.2) is 120 Å². The van der Waals surface area contributed by atoms with Crippen LogP contribution in [0.1, 0.15) is 15.9 Å². The molecule has 0 bridgehead atoms. The third-order valence-corrected chi connectivity index (χ3v) is 5.77. The third-order valence-electron chi connectivity index (χ3n) is 5.41. The van der Waals surface area contributed by atoms with Crippen LogP contribution < -0.4 is 21.3 Å². The zero-order chi connectivity index (χ0) is 26.9. The van der Waals surface area contributed by atoms with Crippen molar-refractivity contribution in [3.63, 3.8) is 0 Å². The fourth-order valence-corrected chi connectivity index (χ4v) is 3.72. The van der Waals surface area contributed by atoms with Gasteiger partial charge in [-0.1, -0.05) is 90.5 Å². The highest BCUT2D eigenvalue weighted by Gasteiger charge is 2.19. The first-order valence-corrected chi connectivity index (χ1v) is 12.0. The SMILES string of the molecule is CN(NC(=O)/C(=C\C=C\c1ccccc1)NC(=O)c1ccccc1)c1cnn(-c2ccccc2)c(=O)c1Cl. The van der Waals surface area contributed by atoms with Crippen molar-refractivity contribution in [2.75, 3.05) is 12.1 Å². The highest BCUT2D eigenvalue weighted by atomic mass is 35.5. The molecule has 0 spiro atoms. The zero-order valence-electron chi connectivity index (χ0n) is 20.4. The van der Waals surface area contributed by atoms with Crippen LogP contribution in [0.25, 0.3) is 11.8 Å². The Morgan fingerprint density at radius 1 is 0.921 bits per heavy atom. The van der Waals surface area contributed by atoms with E-state index in [0.29, 0.717) is 11.3 Å². The van der Waals surface area contributed by atoms with Gasteiger partial charge in [0.25, 0.3) is 17.4 Å². The van der Waals surface area contributed by atoms with Crippen molar-refractivity contribution in [1.82, 2.24) is 20.5 Å². The first kappa shape index (κ1) is 26.1. The molecule has 2 amide bonds. The van der Waals surface area contributed by atoms with Gasteiger partial charge in [-0.2, -0.15) is 9.78 Å². The molecule has 0 saturated carbocycles. The molecule has 8 nitrogen and oxygen atoms in total. The first-order valence-electron chi connectivity index (χ1n) is 11.6. The Hall–Kier alpha value is -4.95. The molecular weight excluding hydrogens is 502 g/mol. The minimum Gasteiger partial charge on any atom is -0.317 e. The zero-order valence-corrected chi connectivity index (χ0v) is 21.2. The number of halogens is 1. The molecule has 190 valence electrons. The van der Waals surface area contributed by atoms with Crippen molar-refractivity contribution in [3.8, 4) is 5.69 Å². The molecule has 0 unspecified atom stereocenters. The number of hydrazine groups is 1. The highest BCUT2D eigenvalue weighted by molar-refractivity contribution is 6.33. The lowest BCUT2D eigenvalue weighted by Crippen LogP contribution is -2.44. The quantitative estimate of drug-likeness (QED) is 0.202. The van der Waals surface area contributed by atoms with Gasteiger partial charge in [-0.25, -0.2) is 0 Å². The molecule has 0 aliphatic heterocycles. The molecule has 0 aliphatic rings. The Labute approximate surface area is 224 Å². The van der Waals surface area contributed by atoms with Gasteiger partial charge in [0.2, 0.25) is 0 Å². The molecule has 9 heteroatoms. The summed E-state index contributed by atoms with van der Waals surface area (Å²) in [5, 5.41) is 7.98. The van der Waals surface area contributed by atoms with Gasteiger partial charge in [0, 0.05) is 12.6 Å². The minimum absolute atomic E-state index is 0.0143. The molecule has 38 heavy (non-hydrogen) atoms. The average molecular weight is 526 g/mol. The van der Waals surface area contributed by atoms with Crippen LogP contribution in [0.2, 0.25) is 5.02 Å². The average Bonchev–Trinajstić information content (AvgIpc) is 2.95. The van der Waals surface area contributed by atoms with Crippen LogP contribution in [0, 0.1) is 0 Å². The van der Waals surface area contributed by atoms with E-state index < -0.39 is 17.4 Å². The number of para-hydroxylation sites is 1. The lowest BCUT2D eigenvalue weighted by molar-refractivity contribution is -0.117. The summed E-state index contributed by atoms with van der Waals surface area (Å²) < 4.78 is 1.17. The van der Waals surface area contributed by atoms with Gasteiger partial charge in [-0.05, 0) is 35.9 Å². The maximum atomic E-state index is 13.2. The first-order chi connectivity index (χ1) is 18.4. The molecule has 1 aromatic heterocycles. The summed E-state index contributed by atoms with van der Waals surface area (Å²) in [5.74, 6) is -1.08. The van der Waals surface area contributed by atoms with Crippen LogP contribution in [0.4, 0.5) is 5.69 Å². The Morgan fingerprint density at radius 2 is 1.53 bits per heavy atom. The van der Waals surface area contributed by atoms with Gasteiger partial charge in [0.05, 0.1) is 11.9 Å². The Bertz CT molecular complexity index is 1540. The number of benzene rings is 3. The van der Waals surface area contributed by atoms with Crippen LogP contribution in [-0.2, 0) is 4.79 Å². The molecule has 1 heterocycles. The number of aromatic nitrogens is 2. The number of anilines is 1. The lowest BCUT2D eigenvalue weighted by atomic mass is 10.2. The van der Waals surface area contributed by atoms with E-state index in [2.05, 4.69) is 15.8 Å². The third kappa shape index (κ3) is 6.43.